The molecule has 0 saturated heterocycles. The zero-order valence-corrected chi connectivity index (χ0v) is 25.5. The molecule has 4 heterocycles. The maximum absolute atomic E-state index is 6.39. The Morgan fingerprint density at radius 2 is 1.15 bits per heavy atom. The SMILES string of the molecule is c1ccc(-c2nc(-c3ccc4c(c3)sc3ccccc34)nc(-c3cccc4oc5cc6nc(-c7ccccc7)oc6cc5c34)n2)cc1. The Morgan fingerprint density at radius 1 is 0.426 bits per heavy atom. The highest BCUT2D eigenvalue weighted by molar-refractivity contribution is 7.25. The summed E-state index contributed by atoms with van der Waals surface area (Å²) in [4.78, 5) is 19.9. The molecule has 47 heavy (non-hydrogen) atoms. The largest absolute Gasteiger partial charge is 0.456 e. The second-order valence-corrected chi connectivity index (χ2v) is 12.5. The van der Waals surface area contributed by atoms with Crippen LogP contribution in [0, 0.1) is 0 Å². The zero-order chi connectivity index (χ0) is 30.9. The Bertz CT molecular complexity index is 2800. The first-order chi connectivity index (χ1) is 23.2. The van der Waals surface area contributed by atoms with Crippen LogP contribution in [0.5, 0.6) is 0 Å². The van der Waals surface area contributed by atoms with Gasteiger partial charge in [0, 0.05) is 59.3 Å². The monoisotopic (exact) mass is 622 g/mol. The Morgan fingerprint density at radius 3 is 2.00 bits per heavy atom. The lowest BCUT2D eigenvalue weighted by Gasteiger charge is -2.09. The van der Waals surface area contributed by atoms with Gasteiger partial charge in [-0.05, 0) is 36.4 Å². The van der Waals surface area contributed by atoms with Gasteiger partial charge < -0.3 is 8.83 Å². The van der Waals surface area contributed by atoms with Crippen LogP contribution in [-0.4, -0.2) is 19.9 Å². The van der Waals surface area contributed by atoms with E-state index in [1.807, 2.05) is 91.0 Å². The summed E-state index contributed by atoms with van der Waals surface area (Å²) >= 11 is 1.78. The molecule has 0 spiro atoms. The molecule has 0 bridgehead atoms. The van der Waals surface area contributed by atoms with Crippen LogP contribution in [0.15, 0.2) is 142 Å². The first-order valence-electron chi connectivity index (χ1n) is 15.3. The predicted octanol–water partition coefficient (Wildman–Crippen LogP) is 10.9. The zero-order valence-electron chi connectivity index (χ0n) is 24.7. The molecule has 0 radical (unpaired) electrons. The van der Waals surface area contributed by atoms with Gasteiger partial charge in [0.15, 0.2) is 23.1 Å². The van der Waals surface area contributed by atoms with Gasteiger partial charge in [0.1, 0.15) is 16.7 Å². The Labute approximate surface area is 271 Å². The van der Waals surface area contributed by atoms with Crippen molar-refractivity contribution in [2.24, 2.45) is 0 Å². The van der Waals surface area contributed by atoms with Crippen molar-refractivity contribution in [2.45, 2.75) is 0 Å². The molecule has 10 rings (SSSR count). The second kappa shape index (κ2) is 10.2. The molecule has 0 unspecified atom stereocenters. The fourth-order valence-corrected chi connectivity index (χ4v) is 7.49. The maximum atomic E-state index is 6.39. The van der Waals surface area contributed by atoms with Crippen molar-refractivity contribution in [3.63, 3.8) is 0 Å². The average molecular weight is 623 g/mol. The smallest absolute Gasteiger partial charge is 0.227 e. The lowest BCUT2D eigenvalue weighted by molar-refractivity contribution is 0.620. The molecular weight excluding hydrogens is 601 g/mol. The van der Waals surface area contributed by atoms with Crippen molar-refractivity contribution in [3.8, 4) is 45.6 Å². The van der Waals surface area contributed by atoms with E-state index in [-0.39, 0.29) is 0 Å². The molecule has 0 aliphatic rings. The highest BCUT2D eigenvalue weighted by Gasteiger charge is 2.20. The molecule has 220 valence electrons. The van der Waals surface area contributed by atoms with Crippen molar-refractivity contribution in [3.05, 3.63) is 133 Å². The van der Waals surface area contributed by atoms with Gasteiger partial charge >= 0.3 is 0 Å². The molecule has 0 saturated carbocycles. The number of hydrogen-bond acceptors (Lipinski definition) is 7. The van der Waals surface area contributed by atoms with Crippen LogP contribution in [0.25, 0.3) is 98.8 Å². The third-order valence-corrected chi connectivity index (χ3v) is 9.70. The molecular formula is C40H22N4O2S. The lowest BCUT2D eigenvalue weighted by Crippen LogP contribution is -2.00. The predicted molar refractivity (Wildman–Crippen MR) is 189 cm³/mol. The molecule has 0 N–H and O–H groups in total. The number of furan rings is 1. The molecule has 6 nitrogen and oxygen atoms in total. The summed E-state index contributed by atoms with van der Waals surface area (Å²) in [6.45, 7) is 0. The minimum absolute atomic E-state index is 0.571. The number of hydrogen-bond donors (Lipinski definition) is 0. The first kappa shape index (κ1) is 26.1. The average Bonchev–Trinajstić information content (AvgIpc) is 3.83. The Hall–Kier alpha value is -6.18. The third kappa shape index (κ3) is 4.25. The van der Waals surface area contributed by atoms with Crippen LogP contribution in [0.4, 0.5) is 0 Å². The number of aromatic nitrogens is 4. The van der Waals surface area contributed by atoms with Gasteiger partial charge in [-0.1, -0.05) is 91.0 Å². The fraction of sp³-hybridized carbons (Fsp3) is 0. The van der Waals surface area contributed by atoms with Gasteiger partial charge in [-0.15, -0.1) is 11.3 Å². The number of fused-ring (bicyclic) bond motifs is 7. The van der Waals surface area contributed by atoms with E-state index in [9.17, 15) is 0 Å². The molecule has 6 aromatic carbocycles. The topological polar surface area (TPSA) is 77.8 Å². The number of rotatable bonds is 4. The van der Waals surface area contributed by atoms with Crippen LogP contribution in [0.2, 0.25) is 0 Å². The van der Waals surface area contributed by atoms with E-state index in [1.165, 1.54) is 20.2 Å². The molecule has 0 aliphatic carbocycles. The minimum Gasteiger partial charge on any atom is -0.456 e. The van der Waals surface area contributed by atoms with E-state index in [2.05, 4.69) is 42.5 Å². The van der Waals surface area contributed by atoms with E-state index < -0.39 is 0 Å². The highest BCUT2D eigenvalue weighted by Crippen LogP contribution is 2.40. The molecule has 0 fully saturated rings. The van der Waals surface area contributed by atoms with Crippen molar-refractivity contribution in [1.29, 1.82) is 0 Å². The summed E-state index contributed by atoms with van der Waals surface area (Å²) < 4.78 is 15.1. The summed E-state index contributed by atoms with van der Waals surface area (Å²) in [5.41, 5.74) is 6.52. The van der Waals surface area contributed by atoms with Crippen LogP contribution < -0.4 is 0 Å². The molecule has 0 amide bonds. The standard InChI is InChI=1S/C40H22N4O2S/c1-3-10-23(11-4-1)37-42-38(25-18-19-27-26-14-7-8-17-34(26)47-35(27)20-25)44-39(43-37)28-15-9-16-31-36(28)29-21-33-30(22-32(29)45-31)41-40(46-33)24-12-5-2-6-13-24/h1-22H. The van der Waals surface area contributed by atoms with Crippen LogP contribution in [-0.2, 0) is 0 Å². The summed E-state index contributed by atoms with van der Waals surface area (Å²) in [6.07, 6.45) is 0. The summed E-state index contributed by atoms with van der Waals surface area (Å²) in [6, 6.07) is 44.9. The van der Waals surface area contributed by atoms with E-state index >= 15 is 0 Å². The van der Waals surface area contributed by atoms with E-state index in [0.717, 1.165) is 49.7 Å². The van der Waals surface area contributed by atoms with Crippen molar-refractivity contribution in [2.75, 3.05) is 0 Å². The molecule has 0 atom stereocenters. The summed E-state index contributed by atoms with van der Waals surface area (Å²) in [5.74, 6) is 2.37. The summed E-state index contributed by atoms with van der Waals surface area (Å²) in [5, 5.41) is 4.32. The first-order valence-corrected chi connectivity index (χ1v) is 16.1. The van der Waals surface area contributed by atoms with Gasteiger partial charge in [-0.2, -0.15) is 0 Å². The lowest BCUT2D eigenvalue weighted by atomic mass is 10.0. The van der Waals surface area contributed by atoms with Crippen LogP contribution in [0.3, 0.4) is 0 Å². The highest BCUT2D eigenvalue weighted by atomic mass is 32.1. The van der Waals surface area contributed by atoms with Gasteiger partial charge in [-0.25, -0.2) is 19.9 Å². The van der Waals surface area contributed by atoms with Gasteiger partial charge in [0.05, 0.1) is 0 Å². The van der Waals surface area contributed by atoms with E-state index in [4.69, 9.17) is 28.8 Å². The second-order valence-electron chi connectivity index (χ2n) is 11.5. The quantitative estimate of drug-likeness (QED) is 0.194. The Kier molecular flexibility index (Phi) is 5.64. The Balaban J connectivity index is 1.19. The van der Waals surface area contributed by atoms with Gasteiger partial charge in [0.2, 0.25) is 5.89 Å². The third-order valence-electron chi connectivity index (χ3n) is 8.57. The molecule has 10 aromatic rings. The van der Waals surface area contributed by atoms with Crippen molar-refractivity contribution in [1.82, 2.24) is 19.9 Å². The van der Waals surface area contributed by atoms with E-state index in [0.29, 0.717) is 28.9 Å². The molecule has 4 aromatic heterocycles. The van der Waals surface area contributed by atoms with Crippen LogP contribution in [0.1, 0.15) is 0 Å². The summed E-state index contributed by atoms with van der Waals surface area (Å²) in [7, 11) is 0. The van der Waals surface area contributed by atoms with Crippen molar-refractivity contribution >= 4 is 64.5 Å². The maximum Gasteiger partial charge on any atom is 0.227 e. The van der Waals surface area contributed by atoms with Gasteiger partial charge in [0.25, 0.3) is 0 Å². The van der Waals surface area contributed by atoms with Gasteiger partial charge in [-0.3, -0.25) is 0 Å². The normalized spacial score (nSPS) is 11.8. The minimum atomic E-state index is 0.571. The van der Waals surface area contributed by atoms with E-state index in [1.54, 1.807) is 11.3 Å². The number of benzene rings is 6. The fourth-order valence-electron chi connectivity index (χ4n) is 6.34. The number of oxazole rings is 1. The van der Waals surface area contributed by atoms with Crippen LogP contribution >= 0.6 is 11.3 Å². The molecule has 7 heteroatoms. The molecule has 0 aliphatic heterocycles. The van der Waals surface area contributed by atoms with Crippen molar-refractivity contribution < 1.29 is 8.83 Å². The number of thiophene rings is 1. The number of nitrogens with zero attached hydrogens (tertiary/aromatic N) is 4.